The molecule has 1 aliphatic rings. The molecule has 0 unspecified atom stereocenters. The first kappa shape index (κ1) is 11.6. The number of nitrogens with one attached hydrogen (secondary N) is 1. The number of anilines is 1. The highest BCUT2D eigenvalue weighted by Gasteiger charge is 2.14. The zero-order valence-electron chi connectivity index (χ0n) is 9.48. The van der Waals surface area contributed by atoms with Crippen LogP contribution in [0, 0.1) is 0 Å². The van der Waals surface area contributed by atoms with Crippen LogP contribution in [0.15, 0.2) is 10.9 Å². The molecule has 1 aliphatic heterocycles. The number of nitrogens with zero attached hydrogens (tertiary/aromatic N) is 2. The summed E-state index contributed by atoms with van der Waals surface area (Å²) in [6.45, 7) is 1.72. The molecule has 2 heterocycles. The van der Waals surface area contributed by atoms with Crippen LogP contribution < -0.4 is 10.5 Å². The van der Waals surface area contributed by atoms with Crippen LogP contribution in [0.5, 0.6) is 0 Å². The first-order valence-corrected chi connectivity index (χ1v) is 5.72. The maximum atomic E-state index is 11.4. The summed E-state index contributed by atoms with van der Waals surface area (Å²) >= 11 is 0. The van der Waals surface area contributed by atoms with E-state index in [0.717, 1.165) is 25.9 Å². The van der Waals surface area contributed by atoms with E-state index < -0.39 is 5.97 Å². The summed E-state index contributed by atoms with van der Waals surface area (Å²) in [4.78, 5) is 30.9. The Balaban J connectivity index is 2.24. The number of H-pyrrole nitrogens is 1. The molecule has 0 spiro atoms. The maximum Gasteiger partial charge on any atom is 0.309 e. The molecule has 0 atom stereocenters. The zero-order valence-corrected chi connectivity index (χ0v) is 9.48. The van der Waals surface area contributed by atoms with Crippen LogP contribution in [0.25, 0.3) is 0 Å². The van der Waals surface area contributed by atoms with Gasteiger partial charge in [-0.25, -0.2) is 4.98 Å². The molecule has 0 bridgehead atoms. The molecule has 2 N–H and O–H groups in total. The molecule has 0 aromatic carbocycles. The third-order valence-corrected chi connectivity index (χ3v) is 2.77. The van der Waals surface area contributed by atoms with Crippen molar-refractivity contribution in [1.82, 2.24) is 9.97 Å². The lowest BCUT2D eigenvalue weighted by Crippen LogP contribution is -2.32. The van der Waals surface area contributed by atoms with Crippen molar-refractivity contribution >= 4 is 11.9 Å². The van der Waals surface area contributed by atoms with Gasteiger partial charge in [-0.05, 0) is 19.3 Å². The van der Waals surface area contributed by atoms with Gasteiger partial charge in [0.25, 0.3) is 5.56 Å². The van der Waals surface area contributed by atoms with Crippen molar-refractivity contribution in [3.05, 3.63) is 22.1 Å². The Bertz CT molecular complexity index is 463. The average molecular weight is 237 g/mol. The number of carboxylic acid groups (broad SMARTS) is 1. The van der Waals surface area contributed by atoms with E-state index >= 15 is 0 Å². The van der Waals surface area contributed by atoms with E-state index in [9.17, 15) is 9.59 Å². The molecule has 6 heteroatoms. The monoisotopic (exact) mass is 237 g/mol. The van der Waals surface area contributed by atoms with Crippen LogP contribution in [-0.2, 0) is 11.2 Å². The number of carboxylic acids is 1. The third kappa shape index (κ3) is 3.05. The van der Waals surface area contributed by atoms with Crippen molar-refractivity contribution in [2.24, 2.45) is 0 Å². The fourth-order valence-corrected chi connectivity index (χ4v) is 1.99. The van der Waals surface area contributed by atoms with Gasteiger partial charge in [0.1, 0.15) is 0 Å². The molecule has 1 aromatic rings. The Labute approximate surface area is 98.3 Å². The molecule has 1 aromatic heterocycles. The van der Waals surface area contributed by atoms with Crippen molar-refractivity contribution in [2.45, 2.75) is 25.7 Å². The van der Waals surface area contributed by atoms with Gasteiger partial charge in [-0.1, -0.05) is 0 Å². The Morgan fingerprint density at radius 1 is 1.41 bits per heavy atom. The van der Waals surface area contributed by atoms with Gasteiger partial charge in [-0.2, -0.15) is 0 Å². The van der Waals surface area contributed by atoms with Gasteiger partial charge in [0.2, 0.25) is 5.95 Å². The summed E-state index contributed by atoms with van der Waals surface area (Å²) in [5.41, 5.74) is 0.0126. The predicted octanol–water partition coefficient (Wildman–Crippen LogP) is 0.387. The maximum absolute atomic E-state index is 11.4. The topological polar surface area (TPSA) is 86.3 Å². The summed E-state index contributed by atoms with van der Waals surface area (Å²) in [6, 6.07) is 1.24. The van der Waals surface area contributed by atoms with E-state index in [1.807, 2.05) is 4.90 Å². The molecule has 92 valence electrons. The number of carbonyl (C=O) groups is 1. The third-order valence-electron chi connectivity index (χ3n) is 2.77. The van der Waals surface area contributed by atoms with Gasteiger partial charge in [0.05, 0.1) is 12.1 Å². The number of rotatable bonds is 3. The standard InChI is InChI=1S/C11H15N3O3/c15-9-6-8(7-10(16)17)12-11(13-9)14-4-2-1-3-5-14/h6H,1-5,7H2,(H,16,17)(H,12,13,15). The summed E-state index contributed by atoms with van der Waals surface area (Å²) in [5.74, 6) is -0.485. The zero-order chi connectivity index (χ0) is 12.3. The van der Waals surface area contributed by atoms with Crippen LogP contribution in [0.3, 0.4) is 0 Å². The average Bonchev–Trinajstić information content (AvgIpc) is 2.28. The normalized spacial score (nSPS) is 15.9. The second-order valence-corrected chi connectivity index (χ2v) is 4.18. The smallest absolute Gasteiger partial charge is 0.309 e. The molecular formula is C11H15N3O3. The minimum Gasteiger partial charge on any atom is -0.481 e. The molecule has 1 saturated heterocycles. The van der Waals surface area contributed by atoms with Gasteiger partial charge in [0, 0.05) is 19.2 Å². The molecule has 1 fully saturated rings. The first-order chi connectivity index (χ1) is 8.15. The predicted molar refractivity (Wildman–Crippen MR) is 62.3 cm³/mol. The van der Waals surface area contributed by atoms with Crippen molar-refractivity contribution in [1.29, 1.82) is 0 Å². The second-order valence-electron chi connectivity index (χ2n) is 4.18. The molecule has 0 aliphatic carbocycles. The molecule has 17 heavy (non-hydrogen) atoms. The Morgan fingerprint density at radius 3 is 2.76 bits per heavy atom. The lowest BCUT2D eigenvalue weighted by Gasteiger charge is -2.27. The largest absolute Gasteiger partial charge is 0.481 e. The molecule has 0 amide bonds. The molecule has 0 saturated carbocycles. The number of aliphatic carboxylic acids is 1. The van der Waals surface area contributed by atoms with Gasteiger partial charge in [-0.15, -0.1) is 0 Å². The van der Waals surface area contributed by atoms with Crippen LogP contribution in [0.1, 0.15) is 25.0 Å². The number of aromatic amines is 1. The Morgan fingerprint density at radius 2 is 2.12 bits per heavy atom. The number of piperidine rings is 1. The highest BCUT2D eigenvalue weighted by atomic mass is 16.4. The number of hydrogen-bond acceptors (Lipinski definition) is 4. The second kappa shape index (κ2) is 4.99. The quantitative estimate of drug-likeness (QED) is 0.794. The molecule has 0 radical (unpaired) electrons. The minimum absolute atomic E-state index is 0.218. The Hall–Kier alpha value is -1.85. The first-order valence-electron chi connectivity index (χ1n) is 5.72. The Kier molecular flexibility index (Phi) is 3.41. The van der Waals surface area contributed by atoms with Crippen molar-refractivity contribution in [3.8, 4) is 0 Å². The van der Waals surface area contributed by atoms with E-state index in [-0.39, 0.29) is 12.0 Å². The van der Waals surface area contributed by atoms with Crippen LogP contribution in [-0.4, -0.2) is 34.1 Å². The molecular weight excluding hydrogens is 222 g/mol. The highest BCUT2D eigenvalue weighted by Crippen LogP contribution is 2.14. The van der Waals surface area contributed by atoms with Gasteiger partial charge >= 0.3 is 5.97 Å². The lowest BCUT2D eigenvalue weighted by atomic mass is 10.1. The van der Waals surface area contributed by atoms with Gasteiger partial charge < -0.3 is 10.0 Å². The summed E-state index contributed by atoms with van der Waals surface area (Å²) in [5, 5.41) is 8.69. The van der Waals surface area contributed by atoms with Crippen molar-refractivity contribution < 1.29 is 9.90 Å². The summed E-state index contributed by atoms with van der Waals surface area (Å²) in [7, 11) is 0. The van der Waals surface area contributed by atoms with Crippen LogP contribution in [0.2, 0.25) is 0 Å². The van der Waals surface area contributed by atoms with E-state index in [1.54, 1.807) is 0 Å². The summed E-state index contributed by atoms with van der Waals surface area (Å²) in [6.07, 6.45) is 3.13. The number of aromatic nitrogens is 2. The minimum atomic E-state index is -0.979. The lowest BCUT2D eigenvalue weighted by molar-refractivity contribution is -0.136. The highest BCUT2D eigenvalue weighted by molar-refractivity contribution is 5.69. The summed E-state index contributed by atoms with van der Waals surface area (Å²) < 4.78 is 0. The van der Waals surface area contributed by atoms with Gasteiger partial charge in [-0.3, -0.25) is 14.6 Å². The van der Waals surface area contributed by atoms with E-state index in [1.165, 1.54) is 12.5 Å². The SMILES string of the molecule is O=C(O)Cc1cc(=O)[nH]c(N2CCCCC2)n1. The van der Waals surface area contributed by atoms with Crippen molar-refractivity contribution in [3.63, 3.8) is 0 Å². The van der Waals surface area contributed by atoms with E-state index in [4.69, 9.17) is 5.11 Å². The van der Waals surface area contributed by atoms with E-state index in [2.05, 4.69) is 9.97 Å². The van der Waals surface area contributed by atoms with Crippen LogP contribution >= 0.6 is 0 Å². The molecule has 2 rings (SSSR count). The fourth-order valence-electron chi connectivity index (χ4n) is 1.99. The number of hydrogen-bond donors (Lipinski definition) is 2. The fraction of sp³-hybridized carbons (Fsp3) is 0.545. The van der Waals surface area contributed by atoms with Gasteiger partial charge in [0.15, 0.2) is 0 Å². The van der Waals surface area contributed by atoms with Crippen LogP contribution in [0.4, 0.5) is 5.95 Å². The van der Waals surface area contributed by atoms with Crippen molar-refractivity contribution in [2.75, 3.05) is 18.0 Å². The van der Waals surface area contributed by atoms with E-state index in [0.29, 0.717) is 11.6 Å². The molecule has 6 nitrogen and oxygen atoms in total.